The molecule has 1 aromatic rings. The van der Waals surface area contributed by atoms with Gasteiger partial charge in [0, 0.05) is 24.1 Å². The summed E-state index contributed by atoms with van der Waals surface area (Å²) >= 11 is 4.81. The van der Waals surface area contributed by atoms with Gasteiger partial charge in [-0.25, -0.2) is 8.78 Å². The van der Waals surface area contributed by atoms with Gasteiger partial charge in [-0.2, -0.15) is 0 Å². The molecule has 0 atom stereocenters. The Morgan fingerprint density at radius 1 is 1.30 bits per heavy atom. The zero-order valence-corrected chi connectivity index (χ0v) is 12.6. The van der Waals surface area contributed by atoms with Crippen molar-refractivity contribution in [1.29, 1.82) is 0 Å². The summed E-state index contributed by atoms with van der Waals surface area (Å²) in [6.07, 6.45) is 0.377. The summed E-state index contributed by atoms with van der Waals surface area (Å²) in [5.41, 5.74) is 5.07. The summed E-state index contributed by atoms with van der Waals surface area (Å²) in [6, 6.07) is 3.11. The van der Waals surface area contributed by atoms with Crippen molar-refractivity contribution in [3.05, 3.63) is 35.4 Å². The summed E-state index contributed by atoms with van der Waals surface area (Å²) in [5.74, 6) is -2.40. The van der Waals surface area contributed by atoms with Gasteiger partial charge in [-0.1, -0.05) is 12.2 Å². The Morgan fingerprint density at radius 3 is 2.35 bits per heavy atom. The maximum atomic E-state index is 13.2. The van der Waals surface area contributed by atoms with E-state index in [1.807, 2.05) is 20.8 Å². The third kappa shape index (κ3) is 4.23. The number of thiocarbonyl (C=S) groups is 1. The van der Waals surface area contributed by atoms with Crippen molar-refractivity contribution in [1.82, 2.24) is 4.90 Å². The zero-order valence-electron chi connectivity index (χ0n) is 11.7. The Labute approximate surface area is 122 Å². The van der Waals surface area contributed by atoms with Crippen LogP contribution in [0.15, 0.2) is 18.2 Å². The summed E-state index contributed by atoms with van der Waals surface area (Å²) in [4.78, 5) is 14.3. The topological polar surface area (TPSA) is 46.3 Å². The molecule has 0 spiro atoms. The third-order valence-electron chi connectivity index (χ3n) is 2.80. The Morgan fingerprint density at radius 2 is 1.90 bits per heavy atom. The van der Waals surface area contributed by atoms with Crippen molar-refractivity contribution in [3.8, 4) is 0 Å². The van der Waals surface area contributed by atoms with Crippen molar-refractivity contribution in [2.75, 3.05) is 6.54 Å². The number of nitrogens with two attached hydrogens (primary N) is 1. The van der Waals surface area contributed by atoms with Crippen LogP contribution in [-0.4, -0.2) is 27.9 Å². The van der Waals surface area contributed by atoms with Gasteiger partial charge in [0.1, 0.15) is 0 Å². The molecular formula is C14H18F2N2OS. The highest BCUT2D eigenvalue weighted by Gasteiger charge is 2.27. The van der Waals surface area contributed by atoms with E-state index in [1.54, 1.807) is 4.90 Å². The standard InChI is InChI=1S/C14H18F2N2OS/c1-14(2,3)18(7-6-12(17)20)13(19)9-4-5-10(15)11(16)8-9/h4-5,8H,6-7H2,1-3H3,(H2,17,20). The minimum Gasteiger partial charge on any atom is -0.393 e. The van der Waals surface area contributed by atoms with E-state index in [9.17, 15) is 13.6 Å². The smallest absolute Gasteiger partial charge is 0.254 e. The van der Waals surface area contributed by atoms with E-state index in [-0.39, 0.29) is 11.5 Å². The van der Waals surface area contributed by atoms with Crippen LogP contribution in [0.3, 0.4) is 0 Å². The van der Waals surface area contributed by atoms with E-state index >= 15 is 0 Å². The molecule has 110 valence electrons. The number of hydrogen-bond acceptors (Lipinski definition) is 2. The molecular weight excluding hydrogens is 282 g/mol. The number of amides is 1. The quantitative estimate of drug-likeness (QED) is 0.870. The molecule has 1 aromatic carbocycles. The fourth-order valence-electron chi connectivity index (χ4n) is 1.75. The summed E-state index contributed by atoms with van der Waals surface area (Å²) in [6.45, 7) is 5.88. The van der Waals surface area contributed by atoms with Gasteiger partial charge in [-0.15, -0.1) is 0 Å². The van der Waals surface area contributed by atoms with Crippen molar-refractivity contribution in [2.24, 2.45) is 5.73 Å². The van der Waals surface area contributed by atoms with E-state index < -0.39 is 17.2 Å². The molecule has 0 bridgehead atoms. The lowest BCUT2D eigenvalue weighted by molar-refractivity contribution is 0.0590. The number of nitrogens with zero attached hydrogens (tertiary/aromatic N) is 1. The van der Waals surface area contributed by atoms with Crippen molar-refractivity contribution in [3.63, 3.8) is 0 Å². The number of hydrogen-bond donors (Lipinski definition) is 1. The second kappa shape index (κ2) is 6.26. The Bertz CT molecular complexity index is 526. The summed E-state index contributed by atoms with van der Waals surface area (Å²) in [7, 11) is 0. The van der Waals surface area contributed by atoms with Crippen LogP contribution in [0.2, 0.25) is 0 Å². The lowest BCUT2D eigenvalue weighted by Gasteiger charge is -2.35. The lowest BCUT2D eigenvalue weighted by atomic mass is 10.0. The largest absolute Gasteiger partial charge is 0.393 e. The van der Waals surface area contributed by atoms with Gasteiger partial charge in [0.05, 0.1) is 4.99 Å². The molecule has 3 nitrogen and oxygen atoms in total. The number of carbonyl (C=O) groups is 1. The Hall–Kier alpha value is -1.56. The van der Waals surface area contributed by atoms with Crippen LogP contribution >= 0.6 is 12.2 Å². The van der Waals surface area contributed by atoms with Crippen LogP contribution in [0, 0.1) is 11.6 Å². The molecule has 2 N–H and O–H groups in total. The van der Waals surface area contributed by atoms with Gasteiger partial charge in [-0.3, -0.25) is 4.79 Å². The highest BCUT2D eigenvalue weighted by Crippen LogP contribution is 2.19. The van der Waals surface area contributed by atoms with E-state index in [1.165, 1.54) is 6.07 Å². The highest BCUT2D eigenvalue weighted by molar-refractivity contribution is 7.80. The van der Waals surface area contributed by atoms with Gasteiger partial charge in [0.25, 0.3) is 5.91 Å². The Balaban J connectivity index is 3.03. The van der Waals surface area contributed by atoms with Crippen LogP contribution in [0.1, 0.15) is 37.6 Å². The number of carbonyl (C=O) groups excluding carboxylic acids is 1. The zero-order chi connectivity index (χ0) is 15.5. The first-order valence-corrected chi connectivity index (χ1v) is 6.59. The van der Waals surface area contributed by atoms with E-state index in [4.69, 9.17) is 18.0 Å². The van der Waals surface area contributed by atoms with Crippen LogP contribution in [0.5, 0.6) is 0 Å². The molecule has 0 unspecified atom stereocenters. The first kappa shape index (κ1) is 16.5. The normalized spacial score (nSPS) is 11.2. The van der Waals surface area contributed by atoms with Crippen molar-refractivity contribution >= 4 is 23.1 Å². The molecule has 0 aliphatic carbocycles. The van der Waals surface area contributed by atoms with E-state index in [2.05, 4.69) is 0 Å². The maximum absolute atomic E-state index is 13.2. The molecule has 6 heteroatoms. The van der Waals surface area contributed by atoms with Gasteiger partial charge in [0.2, 0.25) is 0 Å². The average molecular weight is 300 g/mol. The van der Waals surface area contributed by atoms with Crippen LogP contribution in [-0.2, 0) is 0 Å². The van der Waals surface area contributed by atoms with Crippen molar-refractivity contribution < 1.29 is 13.6 Å². The minimum absolute atomic E-state index is 0.0989. The SMILES string of the molecule is CC(C)(C)N(CCC(N)=S)C(=O)c1ccc(F)c(F)c1. The third-order valence-corrected chi connectivity index (χ3v) is 3.01. The van der Waals surface area contributed by atoms with Gasteiger partial charge in [0.15, 0.2) is 11.6 Å². The highest BCUT2D eigenvalue weighted by atomic mass is 32.1. The Kier molecular flexibility index (Phi) is 5.16. The molecule has 0 radical (unpaired) electrons. The molecule has 0 fully saturated rings. The minimum atomic E-state index is -1.04. The molecule has 0 saturated heterocycles. The molecule has 0 aliphatic heterocycles. The molecule has 1 amide bonds. The first-order valence-electron chi connectivity index (χ1n) is 6.18. The molecule has 20 heavy (non-hydrogen) atoms. The lowest BCUT2D eigenvalue weighted by Crippen LogP contribution is -2.46. The summed E-state index contributed by atoms with van der Waals surface area (Å²) < 4.78 is 26.1. The second-order valence-corrected chi connectivity index (χ2v) is 6.00. The number of halogens is 2. The number of rotatable bonds is 4. The molecule has 0 saturated carbocycles. The van der Waals surface area contributed by atoms with E-state index in [0.29, 0.717) is 18.0 Å². The monoisotopic (exact) mass is 300 g/mol. The fourth-order valence-corrected chi connectivity index (χ4v) is 1.84. The van der Waals surface area contributed by atoms with Crippen LogP contribution < -0.4 is 5.73 Å². The first-order chi connectivity index (χ1) is 9.12. The molecule has 1 rings (SSSR count). The molecule has 0 heterocycles. The average Bonchev–Trinajstić information content (AvgIpc) is 2.30. The number of benzene rings is 1. The predicted octanol–water partition coefficient (Wildman–Crippen LogP) is 2.88. The van der Waals surface area contributed by atoms with Gasteiger partial charge in [-0.05, 0) is 39.0 Å². The van der Waals surface area contributed by atoms with E-state index in [0.717, 1.165) is 12.1 Å². The maximum Gasteiger partial charge on any atom is 0.254 e. The molecule has 0 aromatic heterocycles. The second-order valence-electron chi connectivity index (χ2n) is 5.47. The predicted molar refractivity (Wildman–Crippen MR) is 78.5 cm³/mol. The van der Waals surface area contributed by atoms with Crippen LogP contribution in [0.25, 0.3) is 0 Å². The van der Waals surface area contributed by atoms with Crippen molar-refractivity contribution in [2.45, 2.75) is 32.7 Å². The van der Waals surface area contributed by atoms with Crippen LogP contribution in [0.4, 0.5) is 8.78 Å². The summed E-state index contributed by atoms with van der Waals surface area (Å²) in [5, 5.41) is 0. The van der Waals surface area contributed by atoms with Gasteiger partial charge >= 0.3 is 0 Å². The fraction of sp³-hybridized carbons (Fsp3) is 0.429. The van der Waals surface area contributed by atoms with Gasteiger partial charge < -0.3 is 10.6 Å². The molecule has 0 aliphatic rings.